The molecule has 1 aromatic carbocycles. The third-order valence-corrected chi connectivity index (χ3v) is 3.88. The molecule has 0 aliphatic heterocycles. The number of imidazole rings is 1. The van der Waals surface area contributed by atoms with Gasteiger partial charge in [0.05, 0.1) is 16.2 Å². The van der Waals surface area contributed by atoms with Gasteiger partial charge in [0.15, 0.2) is 11.5 Å². The summed E-state index contributed by atoms with van der Waals surface area (Å²) in [4.78, 5) is 11.2. The van der Waals surface area contributed by atoms with Crippen LogP contribution in [0, 0.1) is 11.2 Å². The molecule has 3 rings (SSSR count). The van der Waals surface area contributed by atoms with Gasteiger partial charge in [-0.3, -0.25) is 10.6 Å². The number of hydrogen-bond acceptors (Lipinski definition) is 5. The average molecular weight is 364 g/mol. The molecule has 0 saturated carbocycles. The highest BCUT2D eigenvalue weighted by molar-refractivity contribution is 6.31. The number of amidine groups is 1. The van der Waals surface area contributed by atoms with E-state index in [9.17, 15) is 14.7 Å². The number of fused-ring (bicyclic) bond motifs is 1. The topological polar surface area (TPSA) is 109 Å². The maximum absolute atomic E-state index is 13.3. The first-order chi connectivity index (χ1) is 11.7. The first-order valence-electron chi connectivity index (χ1n) is 7.29. The van der Waals surface area contributed by atoms with Crippen molar-refractivity contribution in [2.24, 2.45) is 0 Å². The molecule has 0 unspecified atom stereocenters. The van der Waals surface area contributed by atoms with E-state index in [2.05, 4.69) is 15.0 Å². The van der Waals surface area contributed by atoms with Crippen LogP contribution in [0.2, 0.25) is 5.02 Å². The van der Waals surface area contributed by atoms with Crippen LogP contribution in [0.15, 0.2) is 30.5 Å². The summed E-state index contributed by atoms with van der Waals surface area (Å²) in [6.07, 6.45) is 1.44. The van der Waals surface area contributed by atoms with Crippen LogP contribution in [0.1, 0.15) is 25.2 Å². The lowest BCUT2D eigenvalue weighted by Crippen LogP contribution is -2.27. The Labute approximate surface area is 147 Å². The number of rotatable bonds is 3. The lowest BCUT2D eigenvalue weighted by molar-refractivity contribution is 0.0700. The highest BCUT2D eigenvalue weighted by Crippen LogP contribution is 2.25. The van der Waals surface area contributed by atoms with Crippen LogP contribution in [-0.4, -0.2) is 31.1 Å². The van der Waals surface area contributed by atoms with Crippen molar-refractivity contribution in [2.75, 3.05) is 5.06 Å². The third-order valence-electron chi connectivity index (χ3n) is 3.59. The van der Waals surface area contributed by atoms with Crippen LogP contribution in [0.5, 0.6) is 0 Å². The zero-order valence-electron chi connectivity index (χ0n) is 13.4. The Morgan fingerprint density at radius 1 is 1.36 bits per heavy atom. The molecule has 0 aliphatic carbocycles. The number of hydroxylamine groups is 1. The van der Waals surface area contributed by atoms with Crippen molar-refractivity contribution >= 4 is 34.3 Å². The van der Waals surface area contributed by atoms with Crippen LogP contribution < -0.4 is 5.06 Å². The molecule has 0 spiro atoms. The number of nitrogens with one attached hydrogen (secondary N) is 2. The lowest BCUT2D eigenvalue weighted by atomic mass is 10.1. The van der Waals surface area contributed by atoms with Gasteiger partial charge in [0.1, 0.15) is 17.2 Å². The fourth-order valence-corrected chi connectivity index (χ4v) is 2.43. The first-order valence-corrected chi connectivity index (χ1v) is 7.67. The van der Waals surface area contributed by atoms with Gasteiger partial charge in [-0.2, -0.15) is 0 Å². The summed E-state index contributed by atoms with van der Waals surface area (Å²) in [6, 6.07) is 5.12. The molecule has 2 heterocycles. The van der Waals surface area contributed by atoms with Crippen molar-refractivity contribution in [3.8, 4) is 0 Å². The molecule has 0 amide bonds. The zero-order chi connectivity index (χ0) is 18.4. The number of H-pyrrole nitrogens is 1. The number of nitrogens with zero attached hydrogens (tertiary/aromatic N) is 3. The third kappa shape index (κ3) is 3.19. The first kappa shape index (κ1) is 17.3. The number of benzene rings is 1. The number of pyridine rings is 1. The highest BCUT2D eigenvalue weighted by atomic mass is 35.5. The fourth-order valence-electron chi connectivity index (χ4n) is 2.26. The minimum absolute atomic E-state index is 0.128. The summed E-state index contributed by atoms with van der Waals surface area (Å²) in [6.45, 7) is 3.13. The van der Waals surface area contributed by atoms with E-state index in [-0.39, 0.29) is 22.4 Å². The van der Waals surface area contributed by atoms with Crippen molar-refractivity contribution in [3.05, 3.63) is 52.7 Å². The molecule has 3 aromatic rings. The van der Waals surface area contributed by atoms with Crippen molar-refractivity contribution in [2.45, 2.75) is 19.4 Å². The normalized spacial score (nSPS) is 11.8. The second kappa shape index (κ2) is 6.07. The van der Waals surface area contributed by atoms with Gasteiger partial charge in [-0.05, 0) is 38.1 Å². The lowest BCUT2D eigenvalue weighted by Gasteiger charge is -2.18. The Hall–Kier alpha value is -2.55. The van der Waals surface area contributed by atoms with E-state index in [4.69, 9.17) is 17.0 Å². The summed E-state index contributed by atoms with van der Waals surface area (Å²) in [5.74, 6) is -0.634. The highest BCUT2D eigenvalue weighted by Gasteiger charge is 2.24. The number of aromatic amines is 1. The van der Waals surface area contributed by atoms with Crippen molar-refractivity contribution in [1.82, 2.24) is 15.0 Å². The van der Waals surface area contributed by atoms with E-state index in [0.29, 0.717) is 21.8 Å². The summed E-state index contributed by atoms with van der Waals surface area (Å²) >= 11 is 5.72. The monoisotopic (exact) mass is 363 g/mol. The van der Waals surface area contributed by atoms with Gasteiger partial charge in [0, 0.05) is 11.8 Å². The molecule has 0 saturated heterocycles. The summed E-state index contributed by atoms with van der Waals surface area (Å²) in [5, 5.41) is 29.0. The van der Waals surface area contributed by atoms with E-state index in [1.807, 2.05) is 0 Å². The fraction of sp³-hybridized carbons (Fsp3) is 0.188. The molecule has 0 atom stereocenters. The van der Waals surface area contributed by atoms with Crippen molar-refractivity contribution in [3.63, 3.8) is 0 Å². The predicted molar refractivity (Wildman–Crippen MR) is 91.6 cm³/mol. The average Bonchev–Trinajstić information content (AvgIpc) is 3.00. The summed E-state index contributed by atoms with van der Waals surface area (Å²) in [5.41, 5.74) is -0.106. The Bertz CT molecular complexity index is 967. The van der Waals surface area contributed by atoms with E-state index in [1.54, 1.807) is 13.8 Å². The zero-order valence-corrected chi connectivity index (χ0v) is 14.1. The SMILES string of the molecule is CC(C)(O)c1nc2nccc(C(=N)N(O)c3ccc(F)c(Cl)c3)c2[nH]1. The van der Waals surface area contributed by atoms with Crippen LogP contribution in [0.4, 0.5) is 10.1 Å². The van der Waals surface area contributed by atoms with Gasteiger partial charge >= 0.3 is 0 Å². The van der Waals surface area contributed by atoms with Gasteiger partial charge in [-0.25, -0.2) is 19.4 Å². The maximum atomic E-state index is 13.3. The van der Waals surface area contributed by atoms with Crippen molar-refractivity contribution in [1.29, 1.82) is 5.41 Å². The van der Waals surface area contributed by atoms with Crippen LogP contribution >= 0.6 is 11.6 Å². The van der Waals surface area contributed by atoms with Gasteiger partial charge in [0.2, 0.25) is 0 Å². The van der Waals surface area contributed by atoms with Crippen LogP contribution in [-0.2, 0) is 5.60 Å². The Kier molecular flexibility index (Phi) is 4.19. The molecule has 4 N–H and O–H groups in total. The second-order valence-electron chi connectivity index (χ2n) is 5.96. The van der Waals surface area contributed by atoms with Gasteiger partial charge < -0.3 is 10.1 Å². The van der Waals surface area contributed by atoms with Crippen LogP contribution in [0.3, 0.4) is 0 Å². The Morgan fingerprint density at radius 2 is 2.08 bits per heavy atom. The molecule has 25 heavy (non-hydrogen) atoms. The number of aliphatic hydroxyl groups is 1. The largest absolute Gasteiger partial charge is 0.383 e. The molecule has 7 nitrogen and oxygen atoms in total. The number of anilines is 1. The smallest absolute Gasteiger partial charge is 0.178 e. The van der Waals surface area contributed by atoms with E-state index in [0.717, 1.165) is 6.07 Å². The quantitative estimate of drug-likeness (QED) is 0.324. The number of hydrogen-bond donors (Lipinski definition) is 4. The van der Waals surface area contributed by atoms with E-state index < -0.39 is 11.4 Å². The molecule has 0 bridgehead atoms. The van der Waals surface area contributed by atoms with Crippen LogP contribution in [0.25, 0.3) is 11.2 Å². The molecule has 2 aromatic heterocycles. The molecule has 0 aliphatic rings. The Morgan fingerprint density at radius 3 is 2.72 bits per heavy atom. The molecule has 130 valence electrons. The Balaban J connectivity index is 2.04. The van der Waals surface area contributed by atoms with Crippen molar-refractivity contribution < 1.29 is 14.7 Å². The summed E-state index contributed by atoms with van der Waals surface area (Å²) in [7, 11) is 0. The minimum atomic E-state index is -1.22. The second-order valence-corrected chi connectivity index (χ2v) is 6.37. The maximum Gasteiger partial charge on any atom is 0.178 e. The van der Waals surface area contributed by atoms with E-state index >= 15 is 0 Å². The molecular formula is C16H15ClFN5O2. The standard InChI is InChI=1S/C16H15ClFN5O2/c1-16(2,24)15-21-12-9(5-6-20-14(12)22-15)13(19)23(25)8-3-4-11(18)10(17)7-8/h3-7,19,24-25H,1-2H3,(H,20,21,22). The van der Waals surface area contributed by atoms with Gasteiger partial charge in [0.25, 0.3) is 0 Å². The number of halogens is 2. The van der Waals surface area contributed by atoms with E-state index in [1.165, 1.54) is 24.4 Å². The number of aromatic nitrogens is 3. The van der Waals surface area contributed by atoms with Gasteiger partial charge in [-0.15, -0.1) is 0 Å². The summed E-state index contributed by atoms with van der Waals surface area (Å²) < 4.78 is 13.3. The molecule has 0 radical (unpaired) electrons. The predicted octanol–water partition coefficient (Wildman–Crippen LogP) is 3.20. The molecule has 0 fully saturated rings. The molecular weight excluding hydrogens is 349 g/mol. The molecule has 9 heteroatoms. The minimum Gasteiger partial charge on any atom is -0.383 e. The van der Waals surface area contributed by atoms with Gasteiger partial charge in [-0.1, -0.05) is 11.6 Å².